The highest BCUT2D eigenvalue weighted by Crippen LogP contribution is 2.25. The molecule has 0 unspecified atom stereocenters. The van der Waals surface area contributed by atoms with Crippen molar-refractivity contribution in [2.45, 2.75) is 13.8 Å². The van der Waals surface area contributed by atoms with Crippen molar-refractivity contribution in [1.82, 2.24) is 4.90 Å². The number of carbonyl (C=O) groups excluding carboxylic acids is 1. The molecule has 0 saturated carbocycles. The van der Waals surface area contributed by atoms with Crippen molar-refractivity contribution >= 4 is 23.2 Å². The Morgan fingerprint density at radius 2 is 1.81 bits per heavy atom. The highest BCUT2D eigenvalue weighted by atomic mass is 19.1. The van der Waals surface area contributed by atoms with Crippen LogP contribution >= 0.6 is 0 Å². The molecule has 1 saturated heterocycles. The van der Waals surface area contributed by atoms with Gasteiger partial charge in [-0.05, 0) is 48.7 Å². The average molecular weight is 364 g/mol. The Morgan fingerprint density at radius 3 is 2.41 bits per heavy atom. The van der Waals surface area contributed by atoms with Crippen LogP contribution in [0.3, 0.4) is 0 Å². The van der Waals surface area contributed by atoms with Crippen LogP contribution in [0.5, 0.6) is 0 Å². The van der Waals surface area contributed by atoms with E-state index >= 15 is 0 Å². The number of piperazine rings is 1. The van der Waals surface area contributed by atoms with Crippen LogP contribution in [-0.4, -0.2) is 37.0 Å². The van der Waals surface area contributed by atoms with Crippen molar-refractivity contribution in [1.29, 1.82) is 0 Å². The molecule has 1 amide bonds. The molecule has 4 heteroatoms. The van der Waals surface area contributed by atoms with Gasteiger partial charge in [-0.3, -0.25) is 4.79 Å². The Bertz CT molecular complexity index is 895. The van der Waals surface area contributed by atoms with Gasteiger partial charge in [0.05, 0.1) is 5.69 Å². The van der Waals surface area contributed by atoms with E-state index in [0.29, 0.717) is 37.4 Å². The van der Waals surface area contributed by atoms with E-state index in [4.69, 9.17) is 0 Å². The van der Waals surface area contributed by atoms with Crippen LogP contribution in [-0.2, 0) is 0 Å². The maximum atomic E-state index is 14.5. The number of hydrogen-bond acceptors (Lipinski definition) is 2. The summed E-state index contributed by atoms with van der Waals surface area (Å²) in [5, 5.41) is 0. The fourth-order valence-corrected chi connectivity index (χ4v) is 3.35. The topological polar surface area (TPSA) is 23.6 Å². The zero-order valence-corrected chi connectivity index (χ0v) is 16.0. The number of anilines is 1. The van der Waals surface area contributed by atoms with E-state index in [1.54, 1.807) is 12.1 Å². The molecule has 0 bridgehead atoms. The first-order valence-corrected chi connectivity index (χ1v) is 9.13. The number of carbonyl (C=O) groups is 1. The summed E-state index contributed by atoms with van der Waals surface area (Å²) < 4.78 is 14.5. The molecule has 1 fully saturated rings. The largest absolute Gasteiger partial charge is 0.366 e. The molecule has 0 aliphatic carbocycles. The van der Waals surface area contributed by atoms with Gasteiger partial charge in [-0.1, -0.05) is 43.0 Å². The van der Waals surface area contributed by atoms with Gasteiger partial charge >= 0.3 is 0 Å². The average Bonchev–Trinajstić information content (AvgIpc) is 2.68. The molecule has 0 aromatic heterocycles. The quantitative estimate of drug-likeness (QED) is 0.780. The molecule has 3 rings (SSSR count). The van der Waals surface area contributed by atoms with Gasteiger partial charge < -0.3 is 9.80 Å². The van der Waals surface area contributed by atoms with Crippen LogP contribution in [0.15, 0.2) is 49.6 Å². The monoisotopic (exact) mass is 364 g/mol. The smallest absolute Gasteiger partial charge is 0.254 e. The summed E-state index contributed by atoms with van der Waals surface area (Å²) in [7, 11) is 0. The number of allylic oxidation sites excluding steroid dienone is 1. The second kappa shape index (κ2) is 7.78. The lowest BCUT2D eigenvalue weighted by molar-refractivity contribution is 0.0746. The van der Waals surface area contributed by atoms with Gasteiger partial charge in [-0.15, -0.1) is 0 Å². The Labute approximate surface area is 160 Å². The number of halogens is 1. The Hall–Kier alpha value is -2.88. The van der Waals surface area contributed by atoms with Gasteiger partial charge in [-0.25, -0.2) is 4.39 Å². The highest BCUT2D eigenvalue weighted by Gasteiger charge is 2.24. The summed E-state index contributed by atoms with van der Waals surface area (Å²) in [4.78, 5) is 16.7. The third-order valence-electron chi connectivity index (χ3n) is 5.08. The molecule has 140 valence electrons. The third-order valence-corrected chi connectivity index (χ3v) is 5.08. The van der Waals surface area contributed by atoms with Crippen LogP contribution in [0.25, 0.3) is 11.6 Å². The minimum absolute atomic E-state index is 0.0222. The van der Waals surface area contributed by atoms with Crippen molar-refractivity contribution in [2.75, 3.05) is 31.1 Å². The first-order chi connectivity index (χ1) is 12.9. The van der Waals surface area contributed by atoms with E-state index in [2.05, 4.69) is 13.2 Å². The van der Waals surface area contributed by atoms with Crippen LogP contribution < -0.4 is 4.90 Å². The molecule has 1 aliphatic rings. The van der Waals surface area contributed by atoms with Crippen molar-refractivity contribution in [2.24, 2.45) is 0 Å². The second-order valence-electron chi connectivity index (χ2n) is 7.00. The maximum absolute atomic E-state index is 14.5. The van der Waals surface area contributed by atoms with Gasteiger partial charge in [0.15, 0.2) is 0 Å². The minimum atomic E-state index is -0.246. The lowest BCUT2D eigenvalue weighted by atomic mass is 10.0. The number of aryl methyl sites for hydroxylation is 1. The van der Waals surface area contributed by atoms with Gasteiger partial charge in [0.2, 0.25) is 0 Å². The molecule has 0 atom stereocenters. The predicted molar refractivity (Wildman–Crippen MR) is 110 cm³/mol. The molecule has 0 spiro atoms. The van der Waals surface area contributed by atoms with Crippen LogP contribution in [0, 0.1) is 12.7 Å². The maximum Gasteiger partial charge on any atom is 0.254 e. The summed E-state index contributed by atoms with van der Waals surface area (Å²) >= 11 is 0. The number of amides is 1. The van der Waals surface area contributed by atoms with Gasteiger partial charge in [0.25, 0.3) is 5.91 Å². The van der Waals surface area contributed by atoms with E-state index in [1.165, 1.54) is 6.07 Å². The number of hydrogen-bond donors (Lipinski definition) is 0. The SMILES string of the molecule is C=Cc1ccc(C)c(C(=O)N2CCN(c3ccc(C(=C)C)cc3F)CC2)c1. The summed E-state index contributed by atoms with van der Waals surface area (Å²) in [5.41, 5.74) is 4.82. The Kier molecular flexibility index (Phi) is 5.45. The summed E-state index contributed by atoms with van der Waals surface area (Å²) in [6.45, 7) is 13.8. The van der Waals surface area contributed by atoms with Crippen molar-refractivity contribution < 1.29 is 9.18 Å². The molecule has 27 heavy (non-hydrogen) atoms. The third kappa shape index (κ3) is 3.95. The fourth-order valence-electron chi connectivity index (χ4n) is 3.35. The van der Waals surface area contributed by atoms with E-state index in [0.717, 1.165) is 22.3 Å². The van der Waals surface area contributed by atoms with Gasteiger partial charge in [0, 0.05) is 31.7 Å². The van der Waals surface area contributed by atoms with Crippen molar-refractivity contribution in [3.05, 3.63) is 77.6 Å². The Balaban J connectivity index is 1.71. The normalized spacial score (nSPS) is 14.2. The number of rotatable bonds is 4. The molecule has 2 aromatic rings. The standard InChI is InChI=1S/C23H25FN2O/c1-5-18-7-6-17(4)20(14-18)23(27)26-12-10-25(11-13-26)22-9-8-19(16(2)3)15-21(22)24/h5-9,14-15H,1-2,10-13H2,3-4H3. The first-order valence-electron chi connectivity index (χ1n) is 9.13. The molecule has 1 aliphatic heterocycles. The summed E-state index contributed by atoms with van der Waals surface area (Å²) in [6.07, 6.45) is 1.74. The molecule has 3 nitrogen and oxygen atoms in total. The zero-order chi connectivity index (χ0) is 19.6. The van der Waals surface area contributed by atoms with Crippen LogP contribution in [0.2, 0.25) is 0 Å². The number of benzene rings is 2. The van der Waals surface area contributed by atoms with E-state index < -0.39 is 0 Å². The van der Waals surface area contributed by atoms with Crippen LogP contribution in [0.1, 0.15) is 34.0 Å². The van der Waals surface area contributed by atoms with Crippen molar-refractivity contribution in [3.8, 4) is 0 Å². The van der Waals surface area contributed by atoms with Gasteiger partial charge in [0.1, 0.15) is 5.82 Å². The molecule has 2 aromatic carbocycles. The molecular formula is C23H25FN2O. The molecule has 1 heterocycles. The second-order valence-corrected chi connectivity index (χ2v) is 7.00. The van der Waals surface area contributed by atoms with Crippen molar-refractivity contribution in [3.63, 3.8) is 0 Å². The van der Waals surface area contributed by atoms with E-state index in [1.807, 2.05) is 47.9 Å². The molecule has 0 radical (unpaired) electrons. The lowest BCUT2D eigenvalue weighted by Gasteiger charge is -2.36. The lowest BCUT2D eigenvalue weighted by Crippen LogP contribution is -2.49. The number of nitrogens with zero attached hydrogens (tertiary/aromatic N) is 2. The minimum Gasteiger partial charge on any atom is -0.366 e. The van der Waals surface area contributed by atoms with Gasteiger partial charge in [-0.2, -0.15) is 0 Å². The predicted octanol–water partition coefficient (Wildman–Crippen LogP) is 4.77. The van der Waals surface area contributed by atoms with E-state index in [9.17, 15) is 9.18 Å². The highest BCUT2D eigenvalue weighted by molar-refractivity contribution is 5.96. The van der Waals surface area contributed by atoms with E-state index in [-0.39, 0.29) is 11.7 Å². The Morgan fingerprint density at radius 1 is 1.11 bits per heavy atom. The summed E-state index contributed by atoms with van der Waals surface area (Å²) in [5.74, 6) is -0.223. The molecular weight excluding hydrogens is 339 g/mol. The summed E-state index contributed by atoms with van der Waals surface area (Å²) in [6, 6.07) is 11.0. The fraction of sp³-hybridized carbons (Fsp3) is 0.261. The van der Waals surface area contributed by atoms with Crippen LogP contribution in [0.4, 0.5) is 10.1 Å². The zero-order valence-electron chi connectivity index (χ0n) is 16.0. The first kappa shape index (κ1) is 18.9. The molecule has 0 N–H and O–H groups in total.